The molecule has 82 valence electrons. The van der Waals surface area contributed by atoms with E-state index in [1.807, 2.05) is 6.07 Å². The third-order valence-electron chi connectivity index (χ3n) is 2.51. The van der Waals surface area contributed by atoms with E-state index in [1.54, 1.807) is 0 Å². The molecule has 1 aromatic carbocycles. The first kappa shape index (κ1) is 12.0. The van der Waals surface area contributed by atoms with Gasteiger partial charge >= 0.3 is 0 Å². The van der Waals surface area contributed by atoms with Gasteiger partial charge in [0, 0.05) is 22.0 Å². The van der Waals surface area contributed by atoms with Gasteiger partial charge in [-0.15, -0.1) is 0 Å². The van der Waals surface area contributed by atoms with Crippen LogP contribution in [0.15, 0.2) is 15.0 Å². The van der Waals surface area contributed by atoms with Gasteiger partial charge in [0.1, 0.15) is 0 Å². The topological polar surface area (TPSA) is 3.24 Å². The second kappa shape index (κ2) is 4.82. The standard InChI is InChI=1S/C10H9Br2Cl2N/c11-6-5-7(12)10(9(14)8(6)13)15-3-1-2-4-15/h5H,1-4H2. The van der Waals surface area contributed by atoms with Gasteiger partial charge in [0.25, 0.3) is 0 Å². The number of hydrogen-bond acceptors (Lipinski definition) is 1. The molecule has 0 unspecified atom stereocenters. The lowest BCUT2D eigenvalue weighted by atomic mass is 10.3. The van der Waals surface area contributed by atoms with E-state index >= 15 is 0 Å². The maximum absolute atomic E-state index is 6.25. The van der Waals surface area contributed by atoms with Crippen molar-refractivity contribution in [3.8, 4) is 0 Å². The third-order valence-corrected chi connectivity index (χ3v) is 4.83. The molecule has 15 heavy (non-hydrogen) atoms. The number of anilines is 1. The van der Waals surface area contributed by atoms with E-state index < -0.39 is 0 Å². The molecule has 0 bridgehead atoms. The molecule has 1 aromatic rings. The van der Waals surface area contributed by atoms with E-state index in [4.69, 9.17) is 23.2 Å². The van der Waals surface area contributed by atoms with Crippen LogP contribution in [0.5, 0.6) is 0 Å². The lowest BCUT2D eigenvalue weighted by molar-refractivity contribution is 0.949. The average molecular weight is 374 g/mol. The fraction of sp³-hybridized carbons (Fsp3) is 0.400. The Labute approximate surface area is 116 Å². The number of hydrogen-bond donors (Lipinski definition) is 0. The minimum absolute atomic E-state index is 0.585. The quantitative estimate of drug-likeness (QED) is 0.488. The Morgan fingerprint density at radius 1 is 1.00 bits per heavy atom. The lowest BCUT2D eigenvalue weighted by Gasteiger charge is -2.21. The predicted molar refractivity (Wildman–Crippen MR) is 73.3 cm³/mol. The van der Waals surface area contributed by atoms with Gasteiger partial charge in [0.15, 0.2) is 0 Å². The molecular formula is C10H9Br2Cl2N. The Hall–Kier alpha value is 0.560. The summed E-state index contributed by atoms with van der Waals surface area (Å²) < 4.78 is 1.81. The van der Waals surface area contributed by atoms with E-state index in [-0.39, 0.29) is 0 Å². The van der Waals surface area contributed by atoms with Crippen LogP contribution in [0.4, 0.5) is 5.69 Å². The van der Waals surface area contributed by atoms with Crippen LogP contribution in [0, 0.1) is 0 Å². The van der Waals surface area contributed by atoms with Crippen molar-refractivity contribution < 1.29 is 0 Å². The van der Waals surface area contributed by atoms with E-state index in [0.717, 1.165) is 27.7 Å². The number of nitrogens with zero attached hydrogens (tertiary/aromatic N) is 1. The second-order valence-electron chi connectivity index (χ2n) is 3.51. The fourth-order valence-electron chi connectivity index (χ4n) is 1.79. The van der Waals surface area contributed by atoms with Crippen molar-refractivity contribution in [2.45, 2.75) is 12.8 Å². The summed E-state index contributed by atoms with van der Waals surface area (Å²) in [5.41, 5.74) is 1.02. The molecule has 1 fully saturated rings. The zero-order chi connectivity index (χ0) is 11.0. The summed E-state index contributed by atoms with van der Waals surface area (Å²) >= 11 is 19.3. The van der Waals surface area contributed by atoms with Gasteiger partial charge in [-0.3, -0.25) is 0 Å². The third kappa shape index (κ3) is 2.31. The maximum Gasteiger partial charge on any atom is 0.0848 e. The molecule has 1 nitrogen and oxygen atoms in total. The summed E-state index contributed by atoms with van der Waals surface area (Å²) in [6.45, 7) is 2.10. The first-order chi connectivity index (χ1) is 7.11. The smallest absolute Gasteiger partial charge is 0.0848 e. The van der Waals surface area contributed by atoms with E-state index in [9.17, 15) is 0 Å². The van der Waals surface area contributed by atoms with Crippen molar-refractivity contribution >= 4 is 60.7 Å². The summed E-state index contributed by atoms with van der Waals surface area (Å²) in [5.74, 6) is 0. The van der Waals surface area contributed by atoms with Crippen LogP contribution in [0.1, 0.15) is 12.8 Å². The summed E-state index contributed by atoms with van der Waals surface area (Å²) in [6, 6.07) is 1.95. The van der Waals surface area contributed by atoms with Gasteiger partial charge in [-0.1, -0.05) is 23.2 Å². The van der Waals surface area contributed by atoms with E-state index in [2.05, 4.69) is 36.8 Å². The summed E-state index contributed by atoms with van der Waals surface area (Å²) in [5, 5.41) is 1.21. The number of benzene rings is 1. The molecule has 1 heterocycles. The Morgan fingerprint density at radius 2 is 1.60 bits per heavy atom. The molecule has 1 aliphatic rings. The highest BCUT2D eigenvalue weighted by Crippen LogP contribution is 2.43. The fourth-order valence-corrected chi connectivity index (χ4v) is 3.89. The highest BCUT2D eigenvalue weighted by Gasteiger charge is 2.21. The minimum atomic E-state index is 0.585. The monoisotopic (exact) mass is 371 g/mol. The summed E-state index contributed by atoms with van der Waals surface area (Å²) in [6.07, 6.45) is 2.44. The van der Waals surface area contributed by atoms with Crippen molar-refractivity contribution in [3.63, 3.8) is 0 Å². The normalized spacial score (nSPS) is 16.1. The van der Waals surface area contributed by atoms with Crippen molar-refractivity contribution in [1.82, 2.24) is 0 Å². The van der Waals surface area contributed by atoms with Crippen molar-refractivity contribution in [2.75, 3.05) is 18.0 Å². The molecule has 2 rings (SSSR count). The first-order valence-electron chi connectivity index (χ1n) is 4.69. The van der Waals surface area contributed by atoms with Crippen molar-refractivity contribution in [3.05, 3.63) is 25.1 Å². The Morgan fingerprint density at radius 3 is 2.20 bits per heavy atom. The molecular weight excluding hydrogens is 365 g/mol. The van der Waals surface area contributed by atoms with Gasteiger partial charge in [-0.25, -0.2) is 0 Å². The first-order valence-corrected chi connectivity index (χ1v) is 7.03. The molecule has 0 saturated carbocycles. The summed E-state index contributed by atoms with van der Waals surface area (Å²) in [7, 11) is 0. The maximum atomic E-state index is 6.25. The molecule has 0 atom stereocenters. The molecule has 0 spiro atoms. The van der Waals surface area contributed by atoms with Crippen LogP contribution in [0.3, 0.4) is 0 Å². The van der Waals surface area contributed by atoms with E-state index in [0.29, 0.717) is 10.0 Å². The van der Waals surface area contributed by atoms with Gasteiger partial charge < -0.3 is 4.90 Å². The van der Waals surface area contributed by atoms with Crippen molar-refractivity contribution in [2.24, 2.45) is 0 Å². The molecule has 0 amide bonds. The van der Waals surface area contributed by atoms with Gasteiger partial charge in [-0.2, -0.15) is 0 Å². The molecule has 0 aromatic heterocycles. The number of rotatable bonds is 1. The van der Waals surface area contributed by atoms with Gasteiger partial charge in [0.05, 0.1) is 15.7 Å². The Kier molecular flexibility index (Phi) is 3.87. The van der Waals surface area contributed by atoms with Crippen LogP contribution in [0.25, 0.3) is 0 Å². The lowest BCUT2D eigenvalue weighted by Crippen LogP contribution is -2.18. The highest BCUT2D eigenvalue weighted by molar-refractivity contribution is 9.11. The molecule has 0 N–H and O–H groups in total. The van der Waals surface area contributed by atoms with Gasteiger partial charge in [-0.05, 0) is 50.8 Å². The van der Waals surface area contributed by atoms with E-state index in [1.165, 1.54) is 12.8 Å². The second-order valence-corrected chi connectivity index (χ2v) is 5.98. The molecule has 1 aliphatic heterocycles. The Balaban J connectivity index is 2.50. The Bertz CT molecular complexity index is 389. The predicted octanol–water partition coefficient (Wildman–Crippen LogP) is 5.12. The van der Waals surface area contributed by atoms with Crippen LogP contribution in [-0.2, 0) is 0 Å². The molecule has 1 saturated heterocycles. The summed E-state index contributed by atoms with van der Waals surface area (Å²) in [4.78, 5) is 2.27. The van der Waals surface area contributed by atoms with Gasteiger partial charge in [0.2, 0.25) is 0 Å². The largest absolute Gasteiger partial charge is 0.369 e. The zero-order valence-corrected chi connectivity index (χ0v) is 12.5. The minimum Gasteiger partial charge on any atom is -0.369 e. The van der Waals surface area contributed by atoms with Crippen LogP contribution >= 0.6 is 55.1 Å². The van der Waals surface area contributed by atoms with Crippen LogP contribution in [0.2, 0.25) is 10.0 Å². The van der Waals surface area contributed by atoms with Crippen LogP contribution < -0.4 is 4.90 Å². The average Bonchev–Trinajstić information content (AvgIpc) is 2.68. The van der Waals surface area contributed by atoms with Crippen molar-refractivity contribution in [1.29, 1.82) is 0 Å². The van der Waals surface area contributed by atoms with Crippen LogP contribution in [-0.4, -0.2) is 13.1 Å². The number of halogens is 4. The molecule has 0 aliphatic carbocycles. The zero-order valence-electron chi connectivity index (χ0n) is 7.86. The molecule has 5 heteroatoms. The highest BCUT2D eigenvalue weighted by atomic mass is 79.9. The molecule has 0 radical (unpaired) electrons. The SMILES string of the molecule is Clc1c(Br)cc(Br)c(N2CCCC2)c1Cl.